The molecule has 3 nitrogen and oxygen atoms in total. The Labute approximate surface area is 126 Å². The smallest absolute Gasteiger partial charge is 0.389 e. The van der Waals surface area contributed by atoms with Gasteiger partial charge in [-0.2, -0.15) is 13.2 Å². The zero-order chi connectivity index (χ0) is 16.4. The zero-order valence-electron chi connectivity index (χ0n) is 11.9. The second kappa shape index (κ2) is 6.43. The van der Waals surface area contributed by atoms with Crippen molar-refractivity contribution in [3.8, 4) is 0 Å². The first-order valence-corrected chi connectivity index (χ1v) is 6.76. The lowest BCUT2D eigenvalue weighted by Gasteiger charge is -2.17. The maximum Gasteiger partial charge on any atom is 0.417 e. The lowest BCUT2D eigenvalue weighted by Crippen LogP contribution is -2.25. The molecule has 1 aromatic carbocycles. The van der Waals surface area contributed by atoms with Crippen LogP contribution in [0.5, 0.6) is 0 Å². The van der Waals surface area contributed by atoms with Crippen molar-refractivity contribution in [2.75, 3.05) is 5.32 Å². The Morgan fingerprint density at radius 3 is 2.29 bits per heavy atom. The normalized spacial score (nSPS) is 13.1. The number of thiocarbonyl (C=S) groups is 1. The van der Waals surface area contributed by atoms with Crippen LogP contribution in [0.2, 0.25) is 0 Å². The minimum Gasteiger partial charge on any atom is -0.389 e. The van der Waals surface area contributed by atoms with Crippen molar-refractivity contribution in [1.29, 1.82) is 0 Å². The molecule has 21 heavy (non-hydrogen) atoms. The van der Waals surface area contributed by atoms with Gasteiger partial charge in [0.25, 0.3) is 0 Å². The number of alkyl halides is 3. The number of amides is 1. The van der Waals surface area contributed by atoms with E-state index in [1.54, 1.807) is 6.92 Å². The number of carbonyl (C=O) groups excluding carboxylic acids is 1. The average Bonchev–Trinajstić information content (AvgIpc) is 2.36. The fourth-order valence-electron chi connectivity index (χ4n) is 1.63. The number of carbonyl (C=O) groups is 1. The number of nitrogens with two attached hydrogens (primary N) is 1. The molecule has 1 unspecified atom stereocenters. The summed E-state index contributed by atoms with van der Waals surface area (Å²) in [6.45, 7) is 5.44. The highest BCUT2D eigenvalue weighted by Gasteiger charge is 2.34. The number of benzene rings is 1. The van der Waals surface area contributed by atoms with Crippen molar-refractivity contribution in [2.24, 2.45) is 17.6 Å². The quantitative estimate of drug-likeness (QED) is 0.835. The van der Waals surface area contributed by atoms with Gasteiger partial charge in [-0.15, -0.1) is 0 Å². The third-order valence-electron chi connectivity index (χ3n) is 3.27. The Balaban J connectivity index is 3.12. The van der Waals surface area contributed by atoms with Gasteiger partial charge in [0.05, 0.1) is 5.56 Å². The molecule has 116 valence electrons. The molecule has 3 N–H and O–H groups in total. The number of halogens is 3. The van der Waals surface area contributed by atoms with E-state index in [1.807, 2.05) is 13.8 Å². The number of anilines is 1. The Bertz CT molecular complexity index is 556. The molecule has 1 atom stereocenters. The van der Waals surface area contributed by atoms with Crippen LogP contribution < -0.4 is 11.1 Å². The Kier molecular flexibility index (Phi) is 5.33. The van der Waals surface area contributed by atoms with E-state index in [4.69, 9.17) is 5.73 Å². The molecule has 0 heterocycles. The lowest BCUT2D eigenvalue weighted by molar-refractivity contribution is -0.137. The maximum atomic E-state index is 13.0. The first-order chi connectivity index (χ1) is 9.54. The minimum atomic E-state index is -4.59. The van der Waals surface area contributed by atoms with Crippen LogP contribution in [-0.4, -0.2) is 10.9 Å². The number of hydrogen-bond donors (Lipinski definition) is 2. The molecular formula is C14H17F3N2OS. The van der Waals surface area contributed by atoms with Gasteiger partial charge in [0.2, 0.25) is 5.91 Å². The summed E-state index contributed by atoms with van der Waals surface area (Å²) >= 11 is 4.62. The summed E-state index contributed by atoms with van der Waals surface area (Å²) in [7, 11) is 0. The van der Waals surface area contributed by atoms with Gasteiger partial charge in [-0.1, -0.05) is 33.0 Å². The molecule has 0 aliphatic carbocycles. The van der Waals surface area contributed by atoms with Crippen LogP contribution in [0.15, 0.2) is 18.2 Å². The van der Waals surface area contributed by atoms with Crippen LogP contribution in [0.1, 0.15) is 31.9 Å². The largest absolute Gasteiger partial charge is 0.417 e. The Hall–Kier alpha value is -1.63. The molecular weight excluding hydrogens is 301 g/mol. The molecule has 0 saturated heterocycles. The molecule has 0 aliphatic heterocycles. The summed E-state index contributed by atoms with van der Waals surface area (Å²) in [6.07, 6.45) is -4.59. The highest BCUT2D eigenvalue weighted by molar-refractivity contribution is 7.80. The maximum absolute atomic E-state index is 13.0. The standard InChI is InChI=1S/C14H17F3N2OS/c1-7(2)8(3)13(20)19-9-4-5-10(12(18)21)11(6-9)14(15,16)17/h4-8H,1-3H3,(H2,18,21)(H,19,20). The zero-order valence-corrected chi connectivity index (χ0v) is 12.7. The van der Waals surface area contributed by atoms with E-state index in [2.05, 4.69) is 17.5 Å². The van der Waals surface area contributed by atoms with Crippen LogP contribution in [-0.2, 0) is 11.0 Å². The second-order valence-electron chi connectivity index (χ2n) is 5.14. The highest BCUT2D eigenvalue weighted by atomic mass is 32.1. The Morgan fingerprint density at radius 1 is 1.29 bits per heavy atom. The number of rotatable bonds is 4. The highest BCUT2D eigenvalue weighted by Crippen LogP contribution is 2.34. The van der Waals surface area contributed by atoms with Crippen molar-refractivity contribution in [3.05, 3.63) is 29.3 Å². The molecule has 0 bridgehead atoms. The van der Waals surface area contributed by atoms with E-state index < -0.39 is 11.7 Å². The summed E-state index contributed by atoms with van der Waals surface area (Å²) < 4.78 is 39.0. The fourth-order valence-corrected chi connectivity index (χ4v) is 1.81. The number of nitrogens with one attached hydrogen (secondary N) is 1. The second-order valence-corrected chi connectivity index (χ2v) is 5.58. The van der Waals surface area contributed by atoms with Gasteiger partial charge >= 0.3 is 6.18 Å². The summed E-state index contributed by atoms with van der Waals surface area (Å²) in [6, 6.07) is 3.37. The van der Waals surface area contributed by atoms with E-state index in [0.29, 0.717) is 0 Å². The van der Waals surface area contributed by atoms with Crippen molar-refractivity contribution < 1.29 is 18.0 Å². The molecule has 1 amide bonds. The van der Waals surface area contributed by atoms with Gasteiger partial charge in [0.15, 0.2) is 0 Å². The third kappa shape index (κ3) is 4.42. The van der Waals surface area contributed by atoms with Crippen molar-refractivity contribution in [2.45, 2.75) is 26.9 Å². The lowest BCUT2D eigenvalue weighted by atomic mass is 9.97. The van der Waals surface area contributed by atoms with Gasteiger partial charge in [-0.3, -0.25) is 4.79 Å². The summed E-state index contributed by atoms with van der Waals surface area (Å²) in [5.41, 5.74) is 4.15. The van der Waals surface area contributed by atoms with Gasteiger partial charge in [0.1, 0.15) is 4.99 Å². The van der Waals surface area contributed by atoms with Crippen molar-refractivity contribution >= 4 is 28.8 Å². The molecule has 1 aromatic rings. The molecule has 0 aromatic heterocycles. The molecule has 0 fully saturated rings. The predicted octanol–water partition coefficient (Wildman–Crippen LogP) is 3.57. The topological polar surface area (TPSA) is 55.1 Å². The number of hydrogen-bond acceptors (Lipinski definition) is 2. The first kappa shape index (κ1) is 17.4. The van der Waals surface area contributed by atoms with Crippen molar-refractivity contribution in [3.63, 3.8) is 0 Å². The fraction of sp³-hybridized carbons (Fsp3) is 0.429. The van der Waals surface area contributed by atoms with E-state index in [1.165, 1.54) is 12.1 Å². The summed E-state index contributed by atoms with van der Waals surface area (Å²) in [4.78, 5) is 11.6. The monoisotopic (exact) mass is 318 g/mol. The molecule has 0 spiro atoms. The van der Waals surface area contributed by atoms with Crippen LogP contribution in [0.3, 0.4) is 0 Å². The van der Waals surface area contributed by atoms with Crippen LogP contribution in [0.4, 0.5) is 18.9 Å². The van der Waals surface area contributed by atoms with Gasteiger partial charge in [0, 0.05) is 17.2 Å². The van der Waals surface area contributed by atoms with E-state index >= 15 is 0 Å². The van der Waals surface area contributed by atoms with Crippen LogP contribution in [0.25, 0.3) is 0 Å². The SMILES string of the molecule is CC(C)C(C)C(=O)Nc1ccc(C(N)=S)c(C(F)(F)F)c1. The molecule has 0 aliphatic rings. The molecule has 1 rings (SSSR count). The van der Waals surface area contributed by atoms with E-state index in [-0.39, 0.29) is 34.0 Å². The summed E-state index contributed by atoms with van der Waals surface area (Å²) in [5, 5.41) is 2.48. The van der Waals surface area contributed by atoms with Crippen LogP contribution >= 0.6 is 12.2 Å². The molecule has 0 radical (unpaired) electrons. The Morgan fingerprint density at radius 2 is 1.86 bits per heavy atom. The molecule has 0 saturated carbocycles. The third-order valence-corrected chi connectivity index (χ3v) is 3.49. The molecule has 7 heteroatoms. The van der Waals surface area contributed by atoms with Gasteiger partial charge in [-0.05, 0) is 24.1 Å². The average molecular weight is 318 g/mol. The summed E-state index contributed by atoms with van der Waals surface area (Å²) in [5.74, 6) is -0.557. The van der Waals surface area contributed by atoms with Crippen molar-refractivity contribution in [1.82, 2.24) is 0 Å². The predicted molar refractivity (Wildman–Crippen MR) is 80.0 cm³/mol. The van der Waals surface area contributed by atoms with E-state index in [0.717, 1.165) is 6.07 Å². The van der Waals surface area contributed by atoms with Crippen LogP contribution in [0, 0.1) is 11.8 Å². The first-order valence-electron chi connectivity index (χ1n) is 6.36. The van der Waals surface area contributed by atoms with Gasteiger partial charge < -0.3 is 11.1 Å². The minimum absolute atomic E-state index is 0.0693. The van der Waals surface area contributed by atoms with Gasteiger partial charge in [-0.25, -0.2) is 0 Å². The van der Waals surface area contributed by atoms with E-state index in [9.17, 15) is 18.0 Å².